The van der Waals surface area contributed by atoms with Crippen molar-refractivity contribution in [1.82, 2.24) is 10.2 Å². The Labute approximate surface area is 145 Å². The Morgan fingerprint density at radius 3 is 2.73 bits per heavy atom. The van der Waals surface area contributed by atoms with E-state index in [-0.39, 0.29) is 24.8 Å². The van der Waals surface area contributed by atoms with Crippen LogP contribution in [0, 0.1) is 0 Å². The number of hydrogen-bond acceptors (Lipinski definition) is 3. The molecular formula is C17H26Cl2N2O. The zero-order valence-corrected chi connectivity index (χ0v) is 14.8. The molecule has 0 unspecified atom stereocenters. The molecule has 124 valence electrons. The van der Waals surface area contributed by atoms with E-state index in [1.54, 1.807) is 0 Å². The van der Waals surface area contributed by atoms with Crippen molar-refractivity contribution in [2.75, 3.05) is 32.8 Å². The number of nitrogens with zero attached hydrogens (tertiary/aromatic N) is 1. The fourth-order valence-electron chi connectivity index (χ4n) is 3.20. The van der Waals surface area contributed by atoms with E-state index in [0.717, 1.165) is 51.4 Å². The molecule has 0 spiro atoms. The summed E-state index contributed by atoms with van der Waals surface area (Å²) >= 11 is 0. The van der Waals surface area contributed by atoms with Crippen LogP contribution in [0.2, 0.25) is 0 Å². The number of halogens is 2. The maximum atomic E-state index is 5.62. The molecule has 1 atom stereocenters. The molecule has 1 aromatic rings. The summed E-state index contributed by atoms with van der Waals surface area (Å²) < 4.78 is 5.62. The molecule has 2 aliphatic heterocycles. The van der Waals surface area contributed by atoms with Gasteiger partial charge in [-0.2, -0.15) is 0 Å². The second-order valence-corrected chi connectivity index (χ2v) is 5.93. The predicted octanol–water partition coefficient (Wildman–Crippen LogP) is 3.38. The summed E-state index contributed by atoms with van der Waals surface area (Å²) in [6.45, 7) is 11.5. The normalized spacial score (nSPS) is 18.4. The van der Waals surface area contributed by atoms with Gasteiger partial charge in [-0.25, -0.2) is 0 Å². The summed E-state index contributed by atoms with van der Waals surface area (Å²) in [5.74, 6) is 1.07. The Morgan fingerprint density at radius 2 is 2.05 bits per heavy atom. The first-order chi connectivity index (χ1) is 9.74. The first-order valence-corrected chi connectivity index (χ1v) is 7.59. The first-order valence-electron chi connectivity index (χ1n) is 7.59. The number of hydrogen-bond donors (Lipinski definition) is 1. The molecule has 2 heterocycles. The van der Waals surface area contributed by atoms with Gasteiger partial charge in [0.1, 0.15) is 5.75 Å². The maximum Gasteiger partial charge on any atom is 0.122 e. The summed E-state index contributed by atoms with van der Waals surface area (Å²) in [6.07, 6.45) is 2.09. The number of ether oxygens (including phenoxy) is 1. The number of rotatable bonds is 4. The van der Waals surface area contributed by atoms with Crippen molar-refractivity contribution in [3.8, 4) is 5.75 Å². The molecule has 1 N–H and O–H groups in total. The minimum Gasteiger partial charge on any atom is -0.493 e. The van der Waals surface area contributed by atoms with Gasteiger partial charge in [0.15, 0.2) is 0 Å². The van der Waals surface area contributed by atoms with Crippen molar-refractivity contribution in [3.63, 3.8) is 0 Å². The lowest BCUT2D eigenvalue weighted by atomic mass is 9.96. The summed E-state index contributed by atoms with van der Waals surface area (Å²) in [7, 11) is 0. The van der Waals surface area contributed by atoms with E-state index < -0.39 is 0 Å². The average Bonchev–Trinajstić information content (AvgIpc) is 2.93. The first kappa shape index (κ1) is 19.3. The van der Waals surface area contributed by atoms with Crippen LogP contribution in [0.1, 0.15) is 30.5 Å². The van der Waals surface area contributed by atoms with Crippen molar-refractivity contribution in [3.05, 3.63) is 41.5 Å². The summed E-state index contributed by atoms with van der Waals surface area (Å²) in [6, 6.07) is 7.18. The van der Waals surface area contributed by atoms with E-state index in [2.05, 4.69) is 41.9 Å². The van der Waals surface area contributed by atoms with Gasteiger partial charge in [-0.05, 0) is 30.5 Å². The zero-order valence-electron chi connectivity index (χ0n) is 13.1. The van der Waals surface area contributed by atoms with Gasteiger partial charge < -0.3 is 10.1 Å². The second kappa shape index (κ2) is 8.78. The average molecular weight is 345 g/mol. The Morgan fingerprint density at radius 1 is 1.32 bits per heavy atom. The van der Waals surface area contributed by atoms with Crippen LogP contribution in [0.25, 0.3) is 0 Å². The van der Waals surface area contributed by atoms with Crippen molar-refractivity contribution in [2.45, 2.75) is 25.8 Å². The SMILES string of the molecule is C=C(C)C[C@@H](c1ccc2c(c1)CCO2)N1CCNCC1.Cl.Cl. The van der Waals surface area contributed by atoms with Crippen LogP contribution in [0.15, 0.2) is 30.4 Å². The van der Waals surface area contributed by atoms with E-state index in [1.807, 2.05) is 0 Å². The Hall–Kier alpha value is -0.740. The summed E-state index contributed by atoms with van der Waals surface area (Å²) in [5.41, 5.74) is 4.04. The van der Waals surface area contributed by atoms with E-state index in [0.29, 0.717) is 6.04 Å². The van der Waals surface area contributed by atoms with Gasteiger partial charge in [0.2, 0.25) is 0 Å². The highest BCUT2D eigenvalue weighted by Crippen LogP contribution is 2.33. The molecule has 0 aliphatic carbocycles. The molecule has 2 aliphatic rings. The number of piperazine rings is 1. The van der Waals surface area contributed by atoms with Gasteiger partial charge >= 0.3 is 0 Å². The minimum absolute atomic E-state index is 0. The third kappa shape index (κ3) is 4.39. The topological polar surface area (TPSA) is 24.5 Å². The van der Waals surface area contributed by atoms with E-state index >= 15 is 0 Å². The highest BCUT2D eigenvalue weighted by molar-refractivity contribution is 5.85. The third-order valence-corrected chi connectivity index (χ3v) is 4.23. The van der Waals surface area contributed by atoms with Gasteiger partial charge in [-0.3, -0.25) is 4.90 Å². The Bertz CT molecular complexity index is 501. The molecule has 3 rings (SSSR count). The fraction of sp³-hybridized carbons (Fsp3) is 0.529. The van der Waals surface area contributed by atoms with Gasteiger partial charge in [0.05, 0.1) is 6.61 Å². The number of benzene rings is 1. The molecule has 3 nitrogen and oxygen atoms in total. The van der Waals surface area contributed by atoms with Crippen molar-refractivity contribution in [1.29, 1.82) is 0 Å². The summed E-state index contributed by atoms with van der Waals surface area (Å²) in [4.78, 5) is 2.59. The van der Waals surface area contributed by atoms with Crippen LogP contribution in [0.4, 0.5) is 0 Å². The van der Waals surface area contributed by atoms with Crippen molar-refractivity contribution < 1.29 is 4.74 Å². The molecule has 22 heavy (non-hydrogen) atoms. The molecular weight excluding hydrogens is 319 g/mol. The molecule has 1 saturated heterocycles. The molecule has 0 bridgehead atoms. The van der Waals surface area contributed by atoms with Gasteiger partial charge in [0, 0.05) is 38.6 Å². The van der Waals surface area contributed by atoms with Crippen LogP contribution in [-0.4, -0.2) is 37.7 Å². The standard InChI is InChI=1S/C17H24N2O.2ClH/c1-13(2)11-16(19-8-6-18-7-9-19)14-3-4-17-15(12-14)5-10-20-17;;/h3-4,12,16,18H,1,5-11H2,2H3;2*1H/t16-;;/m0../s1. The van der Waals surface area contributed by atoms with E-state index in [9.17, 15) is 0 Å². The van der Waals surface area contributed by atoms with Gasteiger partial charge in [-0.1, -0.05) is 17.7 Å². The quantitative estimate of drug-likeness (QED) is 0.847. The molecule has 0 aromatic heterocycles. The fourth-order valence-corrected chi connectivity index (χ4v) is 3.20. The molecule has 0 amide bonds. The smallest absolute Gasteiger partial charge is 0.122 e. The number of fused-ring (bicyclic) bond motifs is 1. The molecule has 0 radical (unpaired) electrons. The monoisotopic (exact) mass is 344 g/mol. The molecule has 5 heteroatoms. The summed E-state index contributed by atoms with van der Waals surface area (Å²) in [5, 5.41) is 3.43. The lowest BCUT2D eigenvalue weighted by Crippen LogP contribution is -2.45. The highest BCUT2D eigenvalue weighted by Gasteiger charge is 2.23. The van der Waals surface area contributed by atoms with Crippen LogP contribution in [0.3, 0.4) is 0 Å². The van der Waals surface area contributed by atoms with Crippen LogP contribution < -0.4 is 10.1 Å². The van der Waals surface area contributed by atoms with Crippen LogP contribution in [0.5, 0.6) is 5.75 Å². The number of nitrogens with one attached hydrogen (secondary N) is 1. The molecule has 0 saturated carbocycles. The van der Waals surface area contributed by atoms with Gasteiger partial charge in [0.25, 0.3) is 0 Å². The Balaban J connectivity index is 0.00000121. The third-order valence-electron chi connectivity index (χ3n) is 4.23. The maximum absolute atomic E-state index is 5.62. The van der Waals surface area contributed by atoms with Crippen LogP contribution in [-0.2, 0) is 6.42 Å². The second-order valence-electron chi connectivity index (χ2n) is 5.93. The molecule has 1 aromatic carbocycles. The minimum atomic E-state index is 0. The largest absolute Gasteiger partial charge is 0.493 e. The lowest BCUT2D eigenvalue weighted by Gasteiger charge is -2.35. The molecule has 1 fully saturated rings. The van der Waals surface area contributed by atoms with Crippen molar-refractivity contribution in [2.24, 2.45) is 0 Å². The van der Waals surface area contributed by atoms with E-state index in [1.165, 1.54) is 16.7 Å². The highest BCUT2D eigenvalue weighted by atomic mass is 35.5. The van der Waals surface area contributed by atoms with Gasteiger partial charge in [-0.15, -0.1) is 31.4 Å². The lowest BCUT2D eigenvalue weighted by molar-refractivity contribution is 0.172. The van der Waals surface area contributed by atoms with Crippen LogP contribution >= 0.6 is 24.8 Å². The predicted molar refractivity (Wildman–Crippen MR) is 96.8 cm³/mol. The van der Waals surface area contributed by atoms with E-state index in [4.69, 9.17) is 4.74 Å². The zero-order chi connectivity index (χ0) is 13.9. The Kier molecular flexibility index (Phi) is 7.70. The van der Waals surface area contributed by atoms with Crippen molar-refractivity contribution >= 4 is 24.8 Å².